The Morgan fingerprint density at radius 2 is 1.74 bits per heavy atom. The van der Waals surface area contributed by atoms with Gasteiger partial charge in [0, 0.05) is 11.4 Å². The number of esters is 1. The number of nitrogens with zero attached hydrogens (tertiary/aromatic N) is 2. The minimum atomic E-state index is -0.572. The van der Waals surface area contributed by atoms with Crippen LogP contribution in [0.3, 0.4) is 0 Å². The maximum atomic E-state index is 13.6. The first kappa shape index (κ1) is 26.7. The highest BCUT2D eigenvalue weighted by Crippen LogP contribution is 2.42. The Kier molecular flexibility index (Phi) is 8.29. The normalized spacial score (nSPS) is 16.1. The van der Waals surface area contributed by atoms with Gasteiger partial charge >= 0.3 is 5.97 Å². The Labute approximate surface area is 226 Å². The molecule has 0 aromatic heterocycles. The third-order valence-electron chi connectivity index (χ3n) is 6.26. The molecule has 1 heterocycles. The van der Waals surface area contributed by atoms with E-state index in [0.29, 0.717) is 28.4 Å². The lowest BCUT2D eigenvalue weighted by molar-refractivity contribution is -0.117. The van der Waals surface area contributed by atoms with Crippen molar-refractivity contribution in [3.05, 3.63) is 106 Å². The van der Waals surface area contributed by atoms with Crippen molar-refractivity contribution < 1.29 is 19.1 Å². The predicted molar refractivity (Wildman–Crippen MR) is 149 cm³/mol. The maximum absolute atomic E-state index is 13.6. The second-order valence-corrected chi connectivity index (χ2v) is 9.92. The average Bonchev–Trinajstić information content (AvgIpc) is 3.23. The molecule has 1 aliphatic rings. The molecule has 8 heteroatoms. The van der Waals surface area contributed by atoms with Crippen molar-refractivity contribution in [1.82, 2.24) is 0 Å². The van der Waals surface area contributed by atoms with Crippen LogP contribution in [0, 0.1) is 25.2 Å². The van der Waals surface area contributed by atoms with Crippen molar-refractivity contribution in [2.24, 2.45) is 0 Å². The largest absolute Gasteiger partial charge is 0.462 e. The van der Waals surface area contributed by atoms with Gasteiger partial charge in [0.2, 0.25) is 5.91 Å². The van der Waals surface area contributed by atoms with Gasteiger partial charge in [0.1, 0.15) is 16.7 Å². The number of rotatable bonds is 7. The molecule has 0 unspecified atom stereocenters. The second kappa shape index (κ2) is 11.8. The molecular weight excluding hydrogens is 498 g/mol. The van der Waals surface area contributed by atoms with Gasteiger partial charge in [0.15, 0.2) is 0 Å². The molecule has 1 fully saturated rings. The molecule has 3 aromatic rings. The number of thioether (sulfide) groups is 1. The van der Waals surface area contributed by atoms with E-state index in [-0.39, 0.29) is 18.1 Å². The molecule has 1 aliphatic heterocycles. The minimum Gasteiger partial charge on any atom is -0.462 e. The fourth-order valence-electron chi connectivity index (χ4n) is 4.08. The molecule has 4 rings (SSSR count). The Bertz CT molecular complexity index is 1440. The Morgan fingerprint density at radius 3 is 2.39 bits per heavy atom. The zero-order valence-corrected chi connectivity index (χ0v) is 22.2. The molecule has 0 spiro atoms. The van der Waals surface area contributed by atoms with Crippen molar-refractivity contribution in [3.63, 3.8) is 0 Å². The summed E-state index contributed by atoms with van der Waals surface area (Å²) in [5.41, 5.74) is 4.25. The van der Waals surface area contributed by atoms with Crippen molar-refractivity contribution in [3.8, 4) is 6.07 Å². The van der Waals surface area contributed by atoms with E-state index in [0.717, 1.165) is 16.7 Å². The van der Waals surface area contributed by atoms with Gasteiger partial charge in [-0.1, -0.05) is 54.2 Å². The van der Waals surface area contributed by atoms with Crippen LogP contribution < -0.4 is 10.2 Å². The molecule has 38 heavy (non-hydrogen) atoms. The highest BCUT2D eigenvalue weighted by Gasteiger charge is 2.40. The first-order valence-electron chi connectivity index (χ1n) is 12.2. The van der Waals surface area contributed by atoms with Gasteiger partial charge in [-0.3, -0.25) is 14.5 Å². The van der Waals surface area contributed by atoms with Crippen LogP contribution in [-0.4, -0.2) is 29.6 Å². The minimum absolute atomic E-state index is 0.131. The van der Waals surface area contributed by atoms with E-state index in [1.807, 2.05) is 38.1 Å². The van der Waals surface area contributed by atoms with Crippen molar-refractivity contribution >= 4 is 40.9 Å². The number of nitrogens with one attached hydrogen (secondary N) is 1. The molecule has 1 saturated heterocycles. The number of aryl methyl sites for hydroxylation is 1. The van der Waals surface area contributed by atoms with Gasteiger partial charge < -0.3 is 10.1 Å². The summed E-state index contributed by atoms with van der Waals surface area (Å²) in [4.78, 5) is 40.4. The third-order valence-corrected chi connectivity index (χ3v) is 7.52. The van der Waals surface area contributed by atoms with E-state index in [1.165, 1.54) is 16.7 Å². The lowest BCUT2D eigenvalue weighted by atomic mass is 10.1. The van der Waals surface area contributed by atoms with E-state index >= 15 is 0 Å². The number of carbonyl (C=O) groups excluding carboxylic acids is 3. The quantitative estimate of drug-likeness (QED) is 0.247. The Morgan fingerprint density at radius 1 is 1.03 bits per heavy atom. The fourth-order valence-corrected chi connectivity index (χ4v) is 5.38. The first-order valence-corrected chi connectivity index (χ1v) is 13.1. The number of anilines is 2. The predicted octanol–water partition coefficient (Wildman–Crippen LogP) is 5.55. The van der Waals surface area contributed by atoms with Gasteiger partial charge in [-0.25, -0.2) is 4.79 Å². The molecule has 192 valence electrons. The van der Waals surface area contributed by atoms with Crippen LogP contribution in [0.1, 0.15) is 34.0 Å². The summed E-state index contributed by atoms with van der Waals surface area (Å²) in [7, 11) is 0. The number of hydrogen-bond acceptors (Lipinski definition) is 6. The summed E-state index contributed by atoms with van der Waals surface area (Å²) >= 11 is 1.20. The van der Waals surface area contributed by atoms with Crippen LogP contribution in [0.2, 0.25) is 0 Å². The van der Waals surface area contributed by atoms with E-state index in [4.69, 9.17) is 4.74 Å². The third kappa shape index (κ3) is 5.63. The molecule has 3 aromatic carbocycles. The van der Waals surface area contributed by atoms with Crippen LogP contribution in [0.25, 0.3) is 0 Å². The second-order valence-electron chi connectivity index (χ2n) is 8.73. The van der Waals surface area contributed by atoms with Crippen LogP contribution in [-0.2, 0) is 20.7 Å². The highest BCUT2D eigenvalue weighted by atomic mass is 32.2. The van der Waals surface area contributed by atoms with Crippen LogP contribution in [0.15, 0.2) is 83.4 Å². The smallest absolute Gasteiger partial charge is 0.338 e. The molecule has 0 bridgehead atoms. The zero-order chi connectivity index (χ0) is 27.2. The molecule has 1 N–H and O–H groups in total. The summed E-state index contributed by atoms with van der Waals surface area (Å²) in [6, 6.07) is 23.5. The van der Waals surface area contributed by atoms with Crippen molar-refractivity contribution in [2.45, 2.75) is 32.4 Å². The van der Waals surface area contributed by atoms with E-state index in [9.17, 15) is 19.6 Å². The molecule has 0 aliphatic carbocycles. The van der Waals surface area contributed by atoms with Crippen LogP contribution >= 0.6 is 11.8 Å². The van der Waals surface area contributed by atoms with Gasteiger partial charge in [-0.15, -0.1) is 0 Å². The lowest BCUT2D eigenvalue weighted by Gasteiger charge is -2.19. The van der Waals surface area contributed by atoms with Gasteiger partial charge in [0.05, 0.1) is 17.4 Å². The number of nitriles is 1. The fraction of sp³-hybridized carbons (Fsp3) is 0.200. The lowest BCUT2D eigenvalue weighted by Crippen LogP contribution is -2.30. The Hall–Kier alpha value is -4.35. The van der Waals surface area contributed by atoms with E-state index in [2.05, 4.69) is 5.32 Å². The summed E-state index contributed by atoms with van der Waals surface area (Å²) in [6.07, 6.45) is 0.358. The van der Waals surface area contributed by atoms with Crippen LogP contribution in [0.5, 0.6) is 0 Å². The number of ether oxygens (including phenoxy) is 1. The molecule has 0 saturated carbocycles. The maximum Gasteiger partial charge on any atom is 0.338 e. The SMILES string of the molecule is CCOC(=O)c1ccc(C[C@H]2S/C(=C(\C#N)C(=O)Nc3cccc(C)c3C)N(c3ccccc3)C2=O)cc1. The van der Waals surface area contributed by atoms with Gasteiger partial charge in [-0.2, -0.15) is 5.26 Å². The molecular formula is C30H27N3O4S. The standard InChI is InChI=1S/C30H27N3O4S/c1-4-37-30(36)22-15-13-21(14-16-22)17-26-28(35)33(23-10-6-5-7-11-23)29(38-26)24(18-31)27(34)32-25-12-8-9-19(2)20(25)3/h5-16,26H,4,17H2,1-3H3,(H,32,34)/b29-24+/t26-/m1/s1. The zero-order valence-electron chi connectivity index (χ0n) is 21.4. The first-order chi connectivity index (χ1) is 18.3. The molecule has 2 amide bonds. The van der Waals surface area contributed by atoms with E-state index < -0.39 is 17.1 Å². The summed E-state index contributed by atoms with van der Waals surface area (Å²) in [5.74, 6) is -1.20. The topological polar surface area (TPSA) is 99.5 Å². The van der Waals surface area contributed by atoms with E-state index in [1.54, 1.807) is 61.5 Å². The number of hydrogen-bond donors (Lipinski definition) is 1. The molecule has 0 radical (unpaired) electrons. The number of amides is 2. The average molecular weight is 526 g/mol. The summed E-state index contributed by atoms with van der Waals surface area (Å²) in [5, 5.41) is 12.6. The van der Waals surface area contributed by atoms with Gasteiger partial charge in [0.25, 0.3) is 5.91 Å². The number of para-hydroxylation sites is 1. The van der Waals surface area contributed by atoms with Gasteiger partial charge in [-0.05, 0) is 74.2 Å². The summed E-state index contributed by atoms with van der Waals surface area (Å²) < 4.78 is 5.03. The molecule has 7 nitrogen and oxygen atoms in total. The number of carbonyl (C=O) groups is 3. The van der Waals surface area contributed by atoms with Crippen molar-refractivity contribution in [1.29, 1.82) is 5.26 Å². The van der Waals surface area contributed by atoms with Crippen LogP contribution in [0.4, 0.5) is 11.4 Å². The number of benzene rings is 3. The molecule has 1 atom stereocenters. The Balaban J connectivity index is 1.66. The van der Waals surface area contributed by atoms with Crippen molar-refractivity contribution in [2.75, 3.05) is 16.8 Å². The highest BCUT2D eigenvalue weighted by molar-refractivity contribution is 8.05. The monoisotopic (exact) mass is 525 g/mol. The summed E-state index contributed by atoms with van der Waals surface area (Å²) in [6.45, 7) is 5.88.